The molecule has 140 heavy (non-hydrogen) atoms. The second kappa shape index (κ2) is 49.7. The summed E-state index contributed by atoms with van der Waals surface area (Å²) in [6.45, 7) is -5.82. The first-order valence-corrected chi connectivity index (χ1v) is 44.9. The van der Waals surface area contributed by atoms with E-state index in [0.717, 1.165) is 20.8 Å². The maximum Gasteiger partial charge on any atom is 0.217 e. The highest BCUT2D eigenvalue weighted by atomic mass is 16.8. The Bertz CT molecular complexity index is 3820. The fraction of sp³-hybridized carbons (Fsp3) is 0.962. The Labute approximate surface area is 792 Å². The Morgan fingerprint density at radius 3 is 0.793 bits per heavy atom. The maximum atomic E-state index is 13.2. The molecular formula is C78H131N3O59. The molecule has 12 rings (SSSR count). The van der Waals surface area contributed by atoms with Crippen LogP contribution in [0.5, 0.6) is 0 Å². The SMILES string of the molecule is CC(=O)N[C@@H]1[C@@H](O[C@@H]2O[C@H](CO[C@@H]3O[C@H](CO)[C@@H](O[C@@H]4O[C@H](CO)[C@H](O[C@H]5O[C@H](CO)[C@H](O)[C@H](O[C@H]6O[C@H](CO)[C@H](O)[C@H](O)[C@H]6O[C@@H]6O[C@@H](C)[C@@H](O)[C@@H](O)[C@@H]6O)[C@H]5O)[C@H](O)[C@H]4O)[C@H](O)[C@H]3NC(C)=O)[C@H](O)[C@H](O[C@@H]3O[C@H](CO)[C@H](O[C@H]4O[C@H](CO)[C@H](O)[C@H](O[C@H]5O[C@H](CO)[C@H](O)[C@H](O)[C@H]5O[C@@H]5O[C@@H](C)[C@@H](O)[C@@H](O)[C@@H]5O)[C@H]4O)[C@@H](O)[C@H]3O)[C@H]2O)[C@@H](O)[C@@H](CO[C@@H]2O[C@H](CO)[C@@H](O)[C@H](O)[C@H]2NC(C)=O)O[C@@H]1O. The number of carbonyl (C=O) groups is 3. The zero-order valence-electron chi connectivity index (χ0n) is 75.1. The second-order valence-corrected chi connectivity index (χ2v) is 35.9. The summed E-state index contributed by atoms with van der Waals surface area (Å²) in [5, 5.41) is 377. The molecule has 62 nitrogen and oxygen atoms in total. The number of aliphatic hydroxyl groups excluding tert-OH is 33. The van der Waals surface area contributed by atoms with Crippen LogP contribution in [0.15, 0.2) is 0 Å². The minimum absolute atomic E-state index is 0.802. The van der Waals surface area contributed by atoms with Crippen LogP contribution in [0.4, 0.5) is 0 Å². The lowest BCUT2D eigenvalue weighted by Crippen LogP contribution is -2.70. The van der Waals surface area contributed by atoms with Crippen molar-refractivity contribution in [3.05, 3.63) is 0 Å². The van der Waals surface area contributed by atoms with E-state index >= 15 is 0 Å². The van der Waals surface area contributed by atoms with Crippen molar-refractivity contribution >= 4 is 17.7 Å². The lowest BCUT2D eigenvalue weighted by molar-refractivity contribution is -0.401. The highest BCUT2D eigenvalue weighted by Gasteiger charge is 2.63. The molecule has 12 aliphatic heterocycles. The first-order chi connectivity index (χ1) is 66.2. The van der Waals surface area contributed by atoms with Crippen LogP contribution in [0.3, 0.4) is 0 Å². The summed E-state index contributed by atoms with van der Waals surface area (Å²) in [7, 11) is 0. The van der Waals surface area contributed by atoms with Gasteiger partial charge in [-0.3, -0.25) is 14.4 Å². The predicted octanol–water partition coefficient (Wildman–Crippen LogP) is -24.7. The predicted molar refractivity (Wildman–Crippen MR) is 427 cm³/mol. The highest BCUT2D eigenvalue weighted by molar-refractivity contribution is 5.74. The summed E-state index contributed by atoms with van der Waals surface area (Å²) < 4.78 is 134. The van der Waals surface area contributed by atoms with E-state index in [1.807, 2.05) is 0 Å². The van der Waals surface area contributed by atoms with Crippen molar-refractivity contribution in [2.75, 3.05) is 66.1 Å². The molecule has 12 saturated heterocycles. The van der Waals surface area contributed by atoms with Crippen LogP contribution < -0.4 is 16.0 Å². The largest absolute Gasteiger partial charge is 0.394 e. The van der Waals surface area contributed by atoms with Gasteiger partial charge in [0, 0.05) is 20.8 Å². The molecule has 0 unspecified atom stereocenters. The van der Waals surface area contributed by atoms with Gasteiger partial charge in [0.05, 0.1) is 78.3 Å². The van der Waals surface area contributed by atoms with Crippen molar-refractivity contribution in [2.45, 2.75) is 403 Å². The van der Waals surface area contributed by atoms with Gasteiger partial charge >= 0.3 is 0 Å². The van der Waals surface area contributed by atoms with E-state index in [-0.39, 0.29) is 0 Å². The van der Waals surface area contributed by atoms with Gasteiger partial charge in [-0.15, -0.1) is 0 Å². The van der Waals surface area contributed by atoms with Gasteiger partial charge in [0.1, 0.15) is 281 Å². The molecule has 812 valence electrons. The van der Waals surface area contributed by atoms with Crippen molar-refractivity contribution in [1.29, 1.82) is 0 Å². The van der Waals surface area contributed by atoms with E-state index in [1.165, 1.54) is 13.8 Å². The molecule has 0 aromatic heterocycles. The van der Waals surface area contributed by atoms with E-state index in [9.17, 15) is 183 Å². The summed E-state index contributed by atoms with van der Waals surface area (Å²) >= 11 is 0. The molecule has 3 amide bonds. The van der Waals surface area contributed by atoms with Gasteiger partial charge in [0.25, 0.3) is 0 Å². The number of hydrogen-bond acceptors (Lipinski definition) is 59. The fourth-order valence-corrected chi connectivity index (χ4v) is 18.3. The number of nitrogens with one attached hydrogen (secondary N) is 3. The summed E-state index contributed by atoms with van der Waals surface area (Å²) in [6, 6.07) is -5.57. The summed E-state index contributed by atoms with van der Waals surface area (Å²) in [6.07, 6.45) is -119. The number of amides is 3. The van der Waals surface area contributed by atoms with Crippen LogP contribution in [0.25, 0.3) is 0 Å². The molecule has 0 aliphatic carbocycles. The molecular weight excluding hydrogens is 1920 g/mol. The minimum atomic E-state index is -2.59. The molecule has 0 spiro atoms. The fourth-order valence-electron chi connectivity index (χ4n) is 18.3. The van der Waals surface area contributed by atoms with Gasteiger partial charge in [-0.05, 0) is 13.8 Å². The third kappa shape index (κ3) is 24.7. The number of hydrogen-bond donors (Lipinski definition) is 36. The Kier molecular flexibility index (Phi) is 40.8. The van der Waals surface area contributed by atoms with Crippen molar-refractivity contribution in [3.63, 3.8) is 0 Å². The van der Waals surface area contributed by atoms with Crippen LogP contribution in [-0.4, -0.2) is 621 Å². The van der Waals surface area contributed by atoms with E-state index in [0.29, 0.717) is 0 Å². The quantitative estimate of drug-likeness (QED) is 0.0280. The average molecular weight is 2050 g/mol. The average Bonchev–Trinajstić information content (AvgIpc) is 0.768. The Morgan fingerprint density at radius 1 is 0.200 bits per heavy atom. The molecule has 0 aromatic carbocycles. The number of ether oxygens (including phenoxy) is 23. The van der Waals surface area contributed by atoms with Crippen molar-refractivity contribution in [2.24, 2.45) is 0 Å². The van der Waals surface area contributed by atoms with Crippen molar-refractivity contribution in [3.8, 4) is 0 Å². The number of carbonyl (C=O) groups excluding carboxylic acids is 3. The molecule has 0 radical (unpaired) electrons. The molecule has 36 N–H and O–H groups in total. The molecule has 0 saturated carbocycles. The lowest BCUT2D eigenvalue weighted by Gasteiger charge is -2.50. The van der Waals surface area contributed by atoms with Gasteiger partial charge in [0.2, 0.25) is 17.7 Å². The molecule has 12 aliphatic rings. The first kappa shape index (κ1) is 115. The number of rotatable bonds is 35. The third-order valence-electron chi connectivity index (χ3n) is 26.2. The Morgan fingerprint density at radius 2 is 0.429 bits per heavy atom. The molecule has 12 fully saturated rings. The maximum absolute atomic E-state index is 13.2. The Balaban J connectivity index is 0.777. The van der Waals surface area contributed by atoms with Gasteiger partial charge in [-0.25, -0.2) is 0 Å². The standard InChI is InChI=1S/C78H131N3O59/c1-16-34(93)45(104)51(110)70(120-16)139-65-47(106)37(96)22(7-83)126-77(65)137-62-39(98)24(9-85)124-74(55(62)114)133-59-27(12-88)129-72(53(112)49(59)108)132-58-26(11-87)128-69(32(44(58)103)80-19(4)91)119-15-30-42(101)64(57(116)76(131-30)135-61-33(81-20(5)92)67(117)122-29(41(61)100)14-118-68-31(79-18(3)90)43(102)36(95)21(6-82)123-68)136-73-54(113)50(109)60(28(13-89)130-73)134-75-56(115)63(40(99)25(10-86)125-75)138-78-66(48(107)38(97)23(8-84)127-78)140-71-52(111)46(105)35(94)17(2)121-71/h16-17,21-78,82-89,93-117H,6-15H2,1-5H3,(H,79,90)(H,80,91)(H,81,92)/t16-,17-,21+,22+,23+,24+,25+,26+,27+,28+,29+,30+,31+,32+,33+,34+,35+,36+,37-,38-,39-,40-,41-,42-,43+,44+,45+,46+,47-,48-,49+,50-,51-,52-,53+,54+,55+,56+,57+,58+,59-,60-,61+,62-,63-,64-,65+,66+,67-,68+,69+,70-,71-,72-,73-,74+,75+,76-,77+,78+/m0/s1. The Hall–Kier alpha value is -3.83. The normalized spacial score (nSPS) is 51.6. The minimum Gasteiger partial charge on any atom is -0.394 e. The van der Waals surface area contributed by atoms with Crippen LogP contribution in [0, 0.1) is 0 Å². The first-order valence-electron chi connectivity index (χ1n) is 44.9. The van der Waals surface area contributed by atoms with Gasteiger partial charge in [-0.2, -0.15) is 0 Å². The van der Waals surface area contributed by atoms with Gasteiger partial charge < -0.3 is 293 Å². The molecule has 60 atom stereocenters. The summed E-state index contributed by atoms with van der Waals surface area (Å²) in [5.74, 6) is -2.77. The van der Waals surface area contributed by atoms with Crippen molar-refractivity contribution < 1.29 is 292 Å². The highest BCUT2D eigenvalue weighted by Crippen LogP contribution is 2.43. The lowest BCUT2D eigenvalue weighted by atomic mass is 9.94. The van der Waals surface area contributed by atoms with E-state index in [2.05, 4.69) is 16.0 Å². The molecule has 0 aromatic rings. The number of aliphatic hydroxyl groups is 33. The third-order valence-corrected chi connectivity index (χ3v) is 26.2. The van der Waals surface area contributed by atoms with Gasteiger partial charge in [-0.1, -0.05) is 0 Å². The van der Waals surface area contributed by atoms with E-state index < -0.39 is 452 Å². The van der Waals surface area contributed by atoms with Crippen LogP contribution >= 0.6 is 0 Å². The summed E-state index contributed by atoms with van der Waals surface area (Å²) in [4.78, 5) is 38.5. The molecule has 0 bridgehead atoms. The van der Waals surface area contributed by atoms with E-state index in [1.54, 1.807) is 0 Å². The zero-order valence-corrected chi connectivity index (χ0v) is 75.1. The smallest absolute Gasteiger partial charge is 0.217 e. The van der Waals surface area contributed by atoms with Crippen LogP contribution in [0.2, 0.25) is 0 Å². The second-order valence-electron chi connectivity index (χ2n) is 35.9. The van der Waals surface area contributed by atoms with Gasteiger partial charge in [0.15, 0.2) is 75.5 Å². The van der Waals surface area contributed by atoms with Crippen LogP contribution in [-0.2, 0) is 123 Å². The molecule has 12 heterocycles. The van der Waals surface area contributed by atoms with Crippen molar-refractivity contribution in [1.82, 2.24) is 16.0 Å². The van der Waals surface area contributed by atoms with Crippen LogP contribution in [0.1, 0.15) is 34.6 Å². The monoisotopic (exact) mass is 2050 g/mol. The van der Waals surface area contributed by atoms with E-state index in [4.69, 9.17) is 109 Å². The topological polar surface area (TPSA) is 967 Å². The zero-order chi connectivity index (χ0) is 103. The molecule has 62 heteroatoms. The summed E-state index contributed by atoms with van der Waals surface area (Å²) in [5.41, 5.74) is 0.